The number of carbonyl (C=O) groups is 1. The van der Waals surface area contributed by atoms with E-state index in [1.165, 1.54) is 0 Å². The average Bonchev–Trinajstić information content (AvgIpc) is 3.37. The van der Waals surface area contributed by atoms with E-state index < -0.39 is 6.17 Å². The highest BCUT2D eigenvalue weighted by Gasteiger charge is 2.43. The Hall–Kier alpha value is -2.74. The van der Waals surface area contributed by atoms with Crippen molar-refractivity contribution >= 4 is 11.7 Å². The normalized spacial score (nSPS) is 30.3. The smallest absolute Gasteiger partial charge is 0.220 e. The largest absolute Gasteiger partial charge is 0.507 e. The molecule has 0 radical (unpaired) electrons. The Labute approximate surface area is 174 Å². The number of amides is 1. The lowest BCUT2D eigenvalue weighted by atomic mass is 9.96. The number of rotatable bonds is 4. The van der Waals surface area contributed by atoms with Crippen LogP contribution in [0.4, 0.5) is 10.2 Å². The fraction of sp³-hybridized carbons (Fsp3) is 0.500. The van der Waals surface area contributed by atoms with Crippen LogP contribution >= 0.6 is 0 Å². The molecule has 3 fully saturated rings. The van der Waals surface area contributed by atoms with Gasteiger partial charge in [0.05, 0.1) is 24.1 Å². The predicted molar refractivity (Wildman–Crippen MR) is 111 cm³/mol. The van der Waals surface area contributed by atoms with Crippen molar-refractivity contribution in [1.82, 2.24) is 20.6 Å². The van der Waals surface area contributed by atoms with Crippen LogP contribution in [0.1, 0.15) is 37.2 Å². The van der Waals surface area contributed by atoms with Gasteiger partial charge in [-0.3, -0.25) is 9.78 Å². The van der Waals surface area contributed by atoms with Crippen molar-refractivity contribution in [2.24, 2.45) is 0 Å². The van der Waals surface area contributed by atoms with Gasteiger partial charge in [-0.1, -0.05) is 6.07 Å². The number of aromatic nitrogens is 2. The lowest BCUT2D eigenvalue weighted by Gasteiger charge is -2.38. The van der Waals surface area contributed by atoms with Crippen molar-refractivity contribution in [2.45, 2.75) is 55.9 Å². The number of hydrogen-bond acceptors (Lipinski definition) is 6. The molecular weight excluding hydrogens is 385 g/mol. The topological polar surface area (TPSA) is 90.4 Å². The number of benzene rings is 1. The molecule has 4 heterocycles. The van der Waals surface area contributed by atoms with Crippen molar-refractivity contribution in [3.8, 4) is 17.0 Å². The van der Waals surface area contributed by atoms with Crippen molar-refractivity contribution < 1.29 is 14.3 Å². The molecule has 1 aromatic heterocycles. The van der Waals surface area contributed by atoms with Gasteiger partial charge in [-0.05, 0) is 37.0 Å². The van der Waals surface area contributed by atoms with Crippen LogP contribution in [0.3, 0.4) is 0 Å². The van der Waals surface area contributed by atoms with E-state index in [-0.39, 0.29) is 29.7 Å². The molecule has 0 spiro atoms. The third-order valence-corrected chi connectivity index (χ3v) is 6.80. The molecule has 0 aliphatic carbocycles. The van der Waals surface area contributed by atoms with E-state index in [1.54, 1.807) is 18.5 Å². The molecule has 3 N–H and O–H groups in total. The van der Waals surface area contributed by atoms with E-state index in [9.17, 15) is 14.3 Å². The molecule has 3 aliphatic heterocycles. The second kappa shape index (κ2) is 7.50. The first-order valence-corrected chi connectivity index (χ1v) is 10.5. The van der Waals surface area contributed by atoms with Crippen molar-refractivity contribution in [3.05, 3.63) is 36.2 Å². The lowest BCUT2D eigenvalue weighted by molar-refractivity contribution is -0.119. The average molecular weight is 411 g/mol. The van der Waals surface area contributed by atoms with Gasteiger partial charge < -0.3 is 20.6 Å². The summed E-state index contributed by atoms with van der Waals surface area (Å²) in [7, 11) is 1.87. The number of phenols is 1. The summed E-state index contributed by atoms with van der Waals surface area (Å²) in [6.07, 6.45) is 5.44. The predicted octanol–water partition coefficient (Wildman–Crippen LogP) is 2.12. The Morgan fingerprint density at radius 2 is 2.10 bits per heavy atom. The number of nitrogens with one attached hydrogen (secondary N) is 2. The van der Waals surface area contributed by atoms with E-state index in [0.29, 0.717) is 36.1 Å². The van der Waals surface area contributed by atoms with Crippen LogP contribution in [0, 0.1) is 0 Å². The summed E-state index contributed by atoms with van der Waals surface area (Å²) < 4.78 is 14.9. The second-order valence-electron chi connectivity index (χ2n) is 8.65. The number of carbonyl (C=O) groups excluding carboxylic acids is 1. The number of piperidine rings is 1. The number of hydrogen-bond donors (Lipinski definition) is 3. The standard InChI is InChI=1S/C22H26FN5O2/c1-28(18-8-14-3-5-16(27-14)22(18)23)20-11-24-17(10-25-20)15-4-2-12(6-19(15)29)13-7-21(30)26-9-13/h2,4,6,10-11,13-14,16,18,22,27,29H,3,5,7-9H2,1H3,(H,26,30)/t13-,14-,16?,18-,22+/m0/s1. The van der Waals surface area contributed by atoms with Gasteiger partial charge in [0.15, 0.2) is 0 Å². The third-order valence-electron chi connectivity index (χ3n) is 6.80. The minimum absolute atomic E-state index is 0.0337. The number of nitrogens with zero attached hydrogens (tertiary/aromatic N) is 3. The highest BCUT2D eigenvalue weighted by Crippen LogP contribution is 2.35. The molecule has 7 nitrogen and oxygen atoms in total. The quantitative estimate of drug-likeness (QED) is 0.714. The fourth-order valence-electron chi connectivity index (χ4n) is 5.02. The molecule has 3 saturated heterocycles. The zero-order valence-corrected chi connectivity index (χ0v) is 16.9. The maximum atomic E-state index is 14.9. The van der Waals surface area contributed by atoms with Crippen molar-refractivity contribution in [3.63, 3.8) is 0 Å². The second-order valence-corrected chi connectivity index (χ2v) is 8.65. The molecule has 1 aromatic carbocycles. The summed E-state index contributed by atoms with van der Waals surface area (Å²) in [6.45, 7) is 0.590. The first-order chi connectivity index (χ1) is 14.5. The Bertz CT molecular complexity index is 953. The maximum absolute atomic E-state index is 14.9. The first kappa shape index (κ1) is 19.2. The number of anilines is 1. The SMILES string of the molecule is CN(c1cnc(-c2ccc([C@@H]3CNC(=O)C3)cc2O)cn1)[C@H]1C[C@@H]2CCC(N2)[C@H]1F. The summed E-state index contributed by atoms with van der Waals surface area (Å²) in [5.41, 5.74) is 2.06. The molecule has 8 heteroatoms. The van der Waals surface area contributed by atoms with E-state index in [1.807, 2.05) is 24.1 Å². The monoisotopic (exact) mass is 411 g/mol. The fourth-order valence-corrected chi connectivity index (χ4v) is 5.02. The molecular formula is C22H26FN5O2. The van der Waals surface area contributed by atoms with Crippen LogP contribution in [0.5, 0.6) is 5.75 Å². The molecule has 30 heavy (non-hydrogen) atoms. The van der Waals surface area contributed by atoms with Crippen LogP contribution in [-0.4, -0.2) is 58.9 Å². The maximum Gasteiger partial charge on any atom is 0.220 e. The zero-order valence-electron chi connectivity index (χ0n) is 16.9. The number of alkyl halides is 1. The third kappa shape index (κ3) is 3.39. The molecule has 1 unspecified atom stereocenters. The minimum Gasteiger partial charge on any atom is -0.507 e. The first-order valence-electron chi connectivity index (χ1n) is 10.5. The van der Waals surface area contributed by atoms with Gasteiger partial charge in [-0.2, -0.15) is 0 Å². The molecule has 158 valence electrons. The molecule has 1 amide bonds. The number of phenolic OH excluding ortho intramolecular Hbond substituents is 1. The summed E-state index contributed by atoms with van der Waals surface area (Å²) in [5, 5.41) is 16.7. The molecule has 5 atom stereocenters. The zero-order chi connectivity index (χ0) is 20.8. The van der Waals surface area contributed by atoms with Gasteiger partial charge in [0, 0.05) is 43.6 Å². The van der Waals surface area contributed by atoms with Crippen LogP contribution < -0.4 is 15.5 Å². The number of aromatic hydroxyl groups is 1. The molecule has 3 aliphatic rings. The molecule has 0 saturated carbocycles. The van der Waals surface area contributed by atoms with Crippen LogP contribution in [0.15, 0.2) is 30.6 Å². The Morgan fingerprint density at radius 1 is 1.23 bits per heavy atom. The summed E-state index contributed by atoms with van der Waals surface area (Å²) in [4.78, 5) is 22.3. The van der Waals surface area contributed by atoms with E-state index in [2.05, 4.69) is 20.6 Å². The van der Waals surface area contributed by atoms with Crippen LogP contribution in [0.2, 0.25) is 0 Å². The van der Waals surface area contributed by atoms with Gasteiger partial charge in [-0.15, -0.1) is 0 Å². The van der Waals surface area contributed by atoms with Crippen molar-refractivity contribution in [2.75, 3.05) is 18.5 Å². The summed E-state index contributed by atoms with van der Waals surface area (Å²) in [6, 6.07) is 5.52. The van der Waals surface area contributed by atoms with E-state index in [4.69, 9.17) is 0 Å². The highest BCUT2D eigenvalue weighted by molar-refractivity contribution is 5.79. The Balaban J connectivity index is 1.33. The van der Waals surface area contributed by atoms with Gasteiger partial charge in [0.25, 0.3) is 0 Å². The number of fused-ring (bicyclic) bond motifs is 2. The molecule has 5 rings (SSSR count). The summed E-state index contributed by atoms with van der Waals surface area (Å²) >= 11 is 0. The van der Waals surface area contributed by atoms with Gasteiger partial charge in [0.2, 0.25) is 5.91 Å². The number of halogens is 1. The van der Waals surface area contributed by atoms with Gasteiger partial charge >= 0.3 is 0 Å². The lowest BCUT2D eigenvalue weighted by Crippen LogP contribution is -2.55. The Kier molecular flexibility index (Phi) is 4.81. The van der Waals surface area contributed by atoms with Crippen LogP contribution in [0.25, 0.3) is 11.3 Å². The minimum atomic E-state index is -0.927. The van der Waals surface area contributed by atoms with Gasteiger partial charge in [-0.25, -0.2) is 9.37 Å². The molecule has 2 bridgehead atoms. The molecule has 2 aromatic rings. The van der Waals surface area contributed by atoms with Gasteiger partial charge in [0.1, 0.15) is 17.7 Å². The van der Waals surface area contributed by atoms with Crippen LogP contribution in [-0.2, 0) is 4.79 Å². The van der Waals surface area contributed by atoms with E-state index >= 15 is 0 Å². The van der Waals surface area contributed by atoms with Crippen molar-refractivity contribution in [1.29, 1.82) is 0 Å². The summed E-state index contributed by atoms with van der Waals surface area (Å²) in [5.74, 6) is 0.847. The van der Waals surface area contributed by atoms with E-state index in [0.717, 1.165) is 24.8 Å². The Morgan fingerprint density at radius 3 is 2.80 bits per heavy atom. The highest BCUT2D eigenvalue weighted by atomic mass is 19.1.